The van der Waals surface area contributed by atoms with Crippen LogP contribution in [0.25, 0.3) is 11.0 Å². The molecule has 0 spiro atoms. The maximum absolute atomic E-state index is 12.4. The quantitative estimate of drug-likeness (QED) is 0.607. The Balaban J connectivity index is 2.36. The Hall–Kier alpha value is -2.00. The van der Waals surface area contributed by atoms with Gasteiger partial charge in [-0.15, -0.1) is 0 Å². The van der Waals surface area contributed by atoms with Crippen molar-refractivity contribution >= 4 is 26.7 Å². The molecule has 2 aromatic rings. The first-order valence-corrected chi connectivity index (χ1v) is 7.54. The normalized spacial score (nSPS) is 18.1. The first-order valence-electron chi connectivity index (χ1n) is 6.10. The number of rotatable bonds is 2. The maximum Gasteiger partial charge on any atom is 0.295 e. The number of hydrogen-bond acceptors (Lipinski definition) is 5. The van der Waals surface area contributed by atoms with Gasteiger partial charge < -0.3 is 4.57 Å². The molecule has 0 fully saturated rings. The molecule has 9 heteroatoms. The molecule has 0 saturated carbocycles. The molecule has 1 aliphatic heterocycles. The molecule has 0 unspecified atom stereocenters. The number of imidazole rings is 1. The molecule has 0 saturated heterocycles. The zero-order valence-corrected chi connectivity index (χ0v) is 11.5. The van der Waals surface area contributed by atoms with Crippen molar-refractivity contribution in [3.63, 3.8) is 0 Å². The van der Waals surface area contributed by atoms with E-state index in [1.54, 1.807) is 13.0 Å². The molecule has 0 aliphatic carbocycles. The summed E-state index contributed by atoms with van der Waals surface area (Å²) < 4.78 is 27.5. The van der Waals surface area contributed by atoms with Crippen molar-refractivity contribution in [2.24, 2.45) is 0 Å². The van der Waals surface area contributed by atoms with Gasteiger partial charge in [-0.1, -0.05) is 13.0 Å². The number of fused-ring (bicyclic) bond motifs is 3. The van der Waals surface area contributed by atoms with Crippen LogP contribution in [0, 0.1) is 10.1 Å². The molecule has 106 valence electrons. The van der Waals surface area contributed by atoms with Crippen LogP contribution in [0.15, 0.2) is 23.4 Å². The minimum absolute atomic E-state index is 0.116. The van der Waals surface area contributed by atoms with Crippen LogP contribution < -0.4 is 0 Å². The van der Waals surface area contributed by atoms with Gasteiger partial charge >= 0.3 is 0 Å². The van der Waals surface area contributed by atoms with Crippen LogP contribution in [0.5, 0.6) is 0 Å². The van der Waals surface area contributed by atoms with E-state index in [9.17, 15) is 18.5 Å². The number of nitro benzene ring substituents is 1. The number of nitro groups is 1. The molecule has 0 bridgehead atoms. The summed E-state index contributed by atoms with van der Waals surface area (Å²) in [6.45, 7) is 2.76. The molecule has 2 heterocycles. The highest BCUT2D eigenvalue weighted by atomic mass is 32.2. The van der Waals surface area contributed by atoms with Gasteiger partial charge in [0.05, 0.1) is 10.4 Å². The molecule has 20 heavy (non-hydrogen) atoms. The third-order valence-electron chi connectivity index (χ3n) is 3.40. The van der Waals surface area contributed by atoms with Crippen molar-refractivity contribution in [2.75, 3.05) is 13.1 Å². The SMILES string of the molecule is CCN1CCn2c(nc3cccc([N+](=O)[O-])c32)S1(=O)=O. The molecule has 1 aliphatic rings. The largest absolute Gasteiger partial charge is 0.307 e. The highest BCUT2D eigenvalue weighted by molar-refractivity contribution is 7.89. The van der Waals surface area contributed by atoms with Crippen molar-refractivity contribution in [1.82, 2.24) is 13.9 Å². The number of likely N-dealkylation sites (N-methyl/N-ethyl adjacent to an activating group) is 1. The first kappa shape index (κ1) is 13.0. The third kappa shape index (κ3) is 1.63. The van der Waals surface area contributed by atoms with E-state index in [2.05, 4.69) is 4.98 Å². The van der Waals surface area contributed by atoms with Gasteiger partial charge in [-0.2, -0.15) is 4.31 Å². The van der Waals surface area contributed by atoms with Crippen LogP contribution in [0.4, 0.5) is 5.69 Å². The van der Waals surface area contributed by atoms with E-state index in [1.165, 1.54) is 21.0 Å². The van der Waals surface area contributed by atoms with E-state index in [0.717, 1.165) is 0 Å². The van der Waals surface area contributed by atoms with Gasteiger partial charge in [-0.25, -0.2) is 13.4 Å². The zero-order chi connectivity index (χ0) is 14.5. The van der Waals surface area contributed by atoms with Gasteiger partial charge in [0.15, 0.2) is 0 Å². The Kier molecular flexibility index (Phi) is 2.76. The zero-order valence-electron chi connectivity index (χ0n) is 10.7. The lowest BCUT2D eigenvalue weighted by Gasteiger charge is -2.25. The summed E-state index contributed by atoms with van der Waals surface area (Å²) in [5, 5.41) is 11.0. The first-order chi connectivity index (χ1) is 9.46. The van der Waals surface area contributed by atoms with E-state index in [-0.39, 0.29) is 16.4 Å². The van der Waals surface area contributed by atoms with Crippen LogP contribution in [0.3, 0.4) is 0 Å². The van der Waals surface area contributed by atoms with E-state index in [1.807, 2.05) is 0 Å². The van der Waals surface area contributed by atoms with Gasteiger partial charge in [0, 0.05) is 25.7 Å². The van der Waals surface area contributed by atoms with E-state index >= 15 is 0 Å². The number of para-hydroxylation sites is 1. The maximum atomic E-state index is 12.4. The molecule has 0 amide bonds. The fourth-order valence-corrected chi connectivity index (χ4v) is 4.04. The van der Waals surface area contributed by atoms with Crippen LogP contribution in [0.2, 0.25) is 0 Å². The standard InChI is InChI=1S/C11H12N4O4S/c1-2-13-6-7-14-10-8(12-11(14)20(13,18)19)4-3-5-9(10)15(16)17/h3-5H,2,6-7H2,1H3. The van der Waals surface area contributed by atoms with Gasteiger partial charge in [0.1, 0.15) is 5.52 Å². The molecule has 1 aromatic heterocycles. The summed E-state index contributed by atoms with van der Waals surface area (Å²) in [4.78, 5) is 14.6. The number of benzene rings is 1. The number of hydrogen-bond donors (Lipinski definition) is 0. The van der Waals surface area contributed by atoms with Gasteiger partial charge in [-0.3, -0.25) is 10.1 Å². The van der Waals surface area contributed by atoms with Gasteiger partial charge in [0.25, 0.3) is 15.7 Å². The monoisotopic (exact) mass is 296 g/mol. The summed E-state index contributed by atoms with van der Waals surface area (Å²) in [5.41, 5.74) is 0.476. The molecular formula is C11H12N4O4S. The average molecular weight is 296 g/mol. The molecule has 1 aromatic carbocycles. The van der Waals surface area contributed by atoms with Crippen molar-refractivity contribution in [3.8, 4) is 0 Å². The van der Waals surface area contributed by atoms with Gasteiger partial charge in [-0.05, 0) is 6.07 Å². The fourth-order valence-electron chi connectivity index (χ4n) is 2.47. The van der Waals surface area contributed by atoms with Crippen molar-refractivity contribution in [3.05, 3.63) is 28.3 Å². The minimum atomic E-state index is -3.67. The lowest BCUT2D eigenvalue weighted by molar-refractivity contribution is -0.383. The highest BCUT2D eigenvalue weighted by Crippen LogP contribution is 2.31. The Bertz CT molecular complexity index is 811. The summed E-state index contributed by atoms with van der Waals surface area (Å²) in [7, 11) is -3.67. The number of sulfonamides is 1. The Morgan fingerprint density at radius 1 is 1.40 bits per heavy atom. The lowest BCUT2D eigenvalue weighted by Crippen LogP contribution is -2.39. The molecule has 8 nitrogen and oxygen atoms in total. The second-order valence-electron chi connectivity index (χ2n) is 4.44. The van der Waals surface area contributed by atoms with Crippen molar-refractivity contribution in [1.29, 1.82) is 0 Å². The second-order valence-corrected chi connectivity index (χ2v) is 6.28. The van der Waals surface area contributed by atoms with E-state index < -0.39 is 14.9 Å². The summed E-state index contributed by atoms with van der Waals surface area (Å²) in [5.74, 6) is 0. The molecular weight excluding hydrogens is 284 g/mol. The topological polar surface area (TPSA) is 98.3 Å². The molecule has 0 N–H and O–H groups in total. The lowest BCUT2D eigenvalue weighted by atomic mass is 10.2. The van der Waals surface area contributed by atoms with Gasteiger partial charge in [0.2, 0.25) is 5.16 Å². The summed E-state index contributed by atoms with van der Waals surface area (Å²) in [6.07, 6.45) is 0. The number of nitrogens with zero attached hydrogens (tertiary/aromatic N) is 4. The molecule has 0 atom stereocenters. The Labute approximate surface area is 114 Å². The second kappa shape index (κ2) is 4.25. The molecule has 3 rings (SSSR count). The summed E-state index contributed by atoms with van der Waals surface area (Å²) in [6, 6.07) is 4.44. The Morgan fingerprint density at radius 2 is 2.15 bits per heavy atom. The predicted molar refractivity (Wildman–Crippen MR) is 70.8 cm³/mol. The smallest absolute Gasteiger partial charge is 0.295 e. The summed E-state index contributed by atoms with van der Waals surface area (Å²) >= 11 is 0. The number of aromatic nitrogens is 2. The van der Waals surface area contributed by atoms with E-state index in [4.69, 9.17) is 0 Å². The number of non-ortho nitro benzene ring substituents is 1. The highest BCUT2D eigenvalue weighted by Gasteiger charge is 2.35. The van der Waals surface area contributed by atoms with E-state index in [0.29, 0.717) is 25.2 Å². The van der Waals surface area contributed by atoms with Crippen molar-refractivity contribution in [2.45, 2.75) is 18.6 Å². The van der Waals surface area contributed by atoms with Crippen LogP contribution in [-0.2, 0) is 16.6 Å². The average Bonchev–Trinajstić information content (AvgIpc) is 2.78. The molecule has 0 radical (unpaired) electrons. The third-order valence-corrected chi connectivity index (χ3v) is 5.30. The van der Waals surface area contributed by atoms with Crippen molar-refractivity contribution < 1.29 is 13.3 Å². The van der Waals surface area contributed by atoms with Crippen LogP contribution >= 0.6 is 0 Å². The minimum Gasteiger partial charge on any atom is -0.307 e. The fraction of sp³-hybridized carbons (Fsp3) is 0.364. The predicted octanol–water partition coefficient (Wildman–Crippen LogP) is 0.969. The van der Waals surface area contributed by atoms with Crippen LogP contribution in [-0.4, -0.2) is 40.3 Å². The van der Waals surface area contributed by atoms with Crippen LogP contribution in [0.1, 0.15) is 6.92 Å². The Morgan fingerprint density at radius 3 is 2.80 bits per heavy atom.